The molecule has 1 saturated heterocycles. The Bertz CT molecular complexity index is 1210. The second-order valence-electron chi connectivity index (χ2n) is 11.1. The van der Waals surface area contributed by atoms with Gasteiger partial charge in [0.15, 0.2) is 0 Å². The number of amides is 1. The van der Waals surface area contributed by atoms with Crippen molar-refractivity contribution in [1.82, 2.24) is 9.88 Å². The lowest BCUT2D eigenvalue weighted by atomic mass is 9.93. The number of rotatable bonds is 15. The highest BCUT2D eigenvalue weighted by Gasteiger charge is 2.50. The van der Waals surface area contributed by atoms with Crippen LogP contribution in [-0.2, 0) is 16.0 Å². The minimum atomic E-state index is -1.01. The standard InChI is InChI=1S/C31H45N5O3S/c1-7-14-35(17-24(32)16-19(3)15-21(5)27(33)20(4)8-2)26-13-12-25(34-26)11-9-10-23-18-40-30-22(6)29(37)36(30)28(23)31(38)39/h7,12-15,19-20,22,30,32-34H,8-11,16-18H2,1-6H3,(H,38,39)/b14-7-,21-15+,32-24?,33-27?/t19?,20?,22-,30-/m1/s1. The molecule has 40 heavy (non-hydrogen) atoms. The molecule has 2 aliphatic heterocycles. The van der Waals surface area contributed by atoms with Crippen molar-refractivity contribution in [2.24, 2.45) is 17.8 Å². The van der Waals surface area contributed by atoms with Gasteiger partial charge < -0.3 is 25.8 Å². The van der Waals surface area contributed by atoms with E-state index in [0.29, 0.717) is 36.6 Å². The number of carbonyl (C=O) groups is 2. The number of hydrogen-bond donors (Lipinski definition) is 4. The molecule has 0 bridgehead atoms. The second kappa shape index (κ2) is 14.0. The Morgan fingerprint density at radius 2 is 2.02 bits per heavy atom. The molecule has 3 heterocycles. The van der Waals surface area contributed by atoms with Gasteiger partial charge in [-0.2, -0.15) is 0 Å². The van der Waals surface area contributed by atoms with Crippen LogP contribution in [0.4, 0.5) is 5.82 Å². The average molecular weight is 568 g/mol. The first-order chi connectivity index (χ1) is 19.0. The molecule has 0 aliphatic carbocycles. The first-order valence-corrected chi connectivity index (χ1v) is 15.3. The highest BCUT2D eigenvalue weighted by Crippen LogP contribution is 2.44. The number of anilines is 1. The summed E-state index contributed by atoms with van der Waals surface area (Å²) in [4.78, 5) is 31.2. The van der Waals surface area contributed by atoms with Crippen LogP contribution in [0, 0.1) is 28.6 Å². The normalized spacial score (nSPS) is 20.8. The number of hydrogen-bond acceptors (Lipinski definition) is 6. The van der Waals surface area contributed by atoms with E-state index in [1.807, 2.05) is 50.1 Å². The molecule has 8 nitrogen and oxygen atoms in total. The lowest BCUT2D eigenvalue weighted by Crippen LogP contribution is -2.60. The summed E-state index contributed by atoms with van der Waals surface area (Å²) in [6.45, 7) is 12.6. The minimum absolute atomic E-state index is 0.0501. The molecule has 218 valence electrons. The summed E-state index contributed by atoms with van der Waals surface area (Å²) in [5.41, 5.74) is 4.38. The molecular formula is C31H45N5O3S. The van der Waals surface area contributed by atoms with Crippen molar-refractivity contribution in [3.63, 3.8) is 0 Å². The first kappa shape index (κ1) is 31.5. The van der Waals surface area contributed by atoms with E-state index in [4.69, 9.17) is 10.8 Å². The number of carbonyl (C=O) groups excluding carboxylic acids is 1. The molecule has 0 spiro atoms. The third-order valence-corrected chi connectivity index (χ3v) is 9.28. The highest BCUT2D eigenvalue weighted by atomic mass is 32.2. The molecule has 9 heteroatoms. The Hall–Kier alpha value is -3.07. The topological polar surface area (TPSA) is 124 Å². The van der Waals surface area contributed by atoms with Crippen LogP contribution < -0.4 is 4.90 Å². The number of β-lactam (4-membered cyclic amide) rings is 1. The van der Waals surface area contributed by atoms with Crippen molar-refractivity contribution in [2.45, 2.75) is 79.0 Å². The van der Waals surface area contributed by atoms with E-state index in [0.717, 1.165) is 41.9 Å². The Labute approximate surface area is 243 Å². The third kappa shape index (κ3) is 7.36. The molecular weight excluding hydrogens is 522 g/mol. The van der Waals surface area contributed by atoms with Gasteiger partial charge in [-0.3, -0.25) is 9.69 Å². The maximum atomic E-state index is 12.3. The zero-order valence-electron chi connectivity index (χ0n) is 24.7. The molecule has 4 N–H and O–H groups in total. The Morgan fingerprint density at radius 3 is 2.67 bits per heavy atom. The fourth-order valence-corrected chi connectivity index (χ4v) is 6.81. The number of carboxylic acids is 1. The van der Waals surface area contributed by atoms with Crippen LogP contribution in [0.3, 0.4) is 0 Å². The predicted octanol–water partition coefficient (Wildman–Crippen LogP) is 6.63. The van der Waals surface area contributed by atoms with Crippen LogP contribution >= 0.6 is 11.8 Å². The summed E-state index contributed by atoms with van der Waals surface area (Å²) in [6.07, 6.45) is 9.80. The molecule has 1 aromatic heterocycles. The molecule has 4 atom stereocenters. The number of aromatic nitrogens is 1. The van der Waals surface area contributed by atoms with Gasteiger partial charge in [0.05, 0.1) is 17.8 Å². The third-order valence-electron chi connectivity index (χ3n) is 7.80. The van der Waals surface area contributed by atoms with Gasteiger partial charge in [0, 0.05) is 29.1 Å². The zero-order chi connectivity index (χ0) is 29.6. The number of aliphatic carboxylic acids is 1. The second-order valence-corrected chi connectivity index (χ2v) is 12.3. The average Bonchev–Trinajstić information content (AvgIpc) is 3.39. The Kier molecular flexibility index (Phi) is 11.0. The summed E-state index contributed by atoms with van der Waals surface area (Å²) in [5, 5.41) is 26.7. The largest absolute Gasteiger partial charge is 0.477 e. The number of aryl methyl sites for hydroxylation is 1. The maximum Gasteiger partial charge on any atom is 0.352 e. The van der Waals surface area contributed by atoms with Crippen LogP contribution in [0.2, 0.25) is 0 Å². The zero-order valence-corrected chi connectivity index (χ0v) is 25.5. The van der Waals surface area contributed by atoms with Crippen molar-refractivity contribution in [3.05, 3.63) is 53.0 Å². The fourth-order valence-electron chi connectivity index (χ4n) is 5.39. The van der Waals surface area contributed by atoms with Crippen molar-refractivity contribution in [1.29, 1.82) is 10.8 Å². The van der Waals surface area contributed by atoms with Crippen molar-refractivity contribution < 1.29 is 14.7 Å². The van der Waals surface area contributed by atoms with Gasteiger partial charge in [0.25, 0.3) is 0 Å². The van der Waals surface area contributed by atoms with Crippen LogP contribution in [0.15, 0.2) is 47.3 Å². The number of allylic oxidation sites excluding steroid dienone is 3. The van der Waals surface area contributed by atoms with Crippen LogP contribution in [-0.4, -0.2) is 56.0 Å². The van der Waals surface area contributed by atoms with E-state index < -0.39 is 5.97 Å². The van der Waals surface area contributed by atoms with Crippen molar-refractivity contribution in [3.8, 4) is 0 Å². The monoisotopic (exact) mass is 567 g/mol. The molecule has 1 amide bonds. The number of nitrogens with one attached hydrogen (secondary N) is 3. The molecule has 3 rings (SSSR count). The molecule has 0 saturated carbocycles. The van der Waals surface area contributed by atoms with Crippen molar-refractivity contribution in [2.75, 3.05) is 17.2 Å². The molecule has 1 fully saturated rings. The summed E-state index contributed by atoms with van der Waals surface area (Å²) >= 11 is 1.66. The number of carboxylic acid groups (broad SMARTS) is 1. The van der Waals surface area contributed by atoms with E-state index in [1.54, 1.807) is 11.8 Å². The first-order valence-electron chi connectivity index (χ1n) is 14.3. The lowest BCUT2D eigenvalue weighted by Gasteiger charge is -2.48. The van der Waals surface area contributed by atoms with E-state index >= 15 is 0 Å². The number of aromatic amines is 1. The van der Waals surface area contributed by atoms with Crippen LogP contribution in [0.1, 0.15) is 72.9 Å². The number of nitrogens with zero attached hydrogens (tertiary/aromatic N) is 2. The Balaban J connectivity index is 1.57. The van der Waals surface area contributed by atoms with Gasteiger partial charge in [-0.15, -0.1) is 11.8 Å². The number of fused-ring (bicyclic) bond motifs is 1. The maximum absolute atomic E-state index is 12.3. The molecule has 1 aromatic rings. The van der Waals surface area contributed by atoms with Crippen LogP contribution in [0.5, 0.6) is 0 Å². The van der Waals surface area contributed by atoms with E-state index in [1.165, 1.54) is 4.90 Å². The van der Waals surface area contributed by atoms with E-state index in [2.05, 4.69) is 31.8 Å². The highest BCUT2D eigenvalue weighted by molar-refractivity contribution is 8.00. The van der Waals surface area contributed by atoms with Gasteiger partial charge in [-0.05, 0) is 81.1 Å². The molecule has 0 aromatic carbocycles. The predicted molar refractivity (Wildman–Crippen MR) is 165 cm³/mol. The number of H-pyrrole nitrogens is 1. The van der Waals surface area contributed by atoms with E-state index in [9.17, 15) is 14.7 Å². The van der Waals surface area contributed by atoms with E-state index in [-0.39, 0.29) is 34.7 Å². The summed E-state index contributed by atoms with van der Waals surface area (Å²) in [6, 6.07) is 4.07. The quantitative estimate of drug-likeness (QED) is 0.140. The SMILES string of the molecule is C/C=C\N(CC(=N)CC(C)/C=C(\C)C(=N)C(C)CC)c1ccc(CCCC2=C(C(=O)O)N3C(=O)[C@@H](C)[C@H]3SC2)[nH]1. The van der Waals surface area contributed by atoms with Gasteiger partial charge in [-0.1, -0.05) is 39.8 Å². The van der Waals surface area contributed by atoms with Gasteiger partial charge >= 0.3 is 5.97 Å². The fraction of sp³-hybridized carbons (Fsp3) is 0.548. The molecule has 0 radical (unpaired) electrons. The molecule has 2 aliphatic rings. The van der Waals surface area contributed by atoms with Gasteiger partial charge in [0.2, 0.25) is 5.91 Å². The van der Waals surface area contributed by atoms with Gasteiger partial charge in [-0.25, -0.2) is 4.79 Å². The molecule has 2 unspecified atom stereocenters. The minimum Gasteiger partial charge on any atom is -0.477 e. The van der Waals surface area contributed by atoms with Crippen molar-refractivity contribution >= 4 is 40.9 Å². The Morgan fingerprint density at radius 1 is 1.30 bits per heavy atom. The lowest BCUT2D eigenvalue weighted by molar-refractivity contribution is -0.151. The van der Waals surface area contributed by atoms with Gasteiger partial charge in [0.1, 0.15) is 11.5 Å². The van der Waals surface area contributed by atoms with Crippen LogP contribution in [0.25, 0.3) is 0 Å². The summed E-state index contributed by atoms with van der Waals surface area (Å²) in [5.74, 6) is 0.762. The summed E-state index contributed by atoms with van der Waals surface area (Å²) in [7, 11) is 0. The number of thioether (sulfide) groups is 1. The smallest absolute Gasteiger partial charge is 0.352 e. The summed E-state index contributed by atoms with van der Waals surface area (Å²) < 4.78 is 0.